The molecule has 0 aliphatic rings. The minimum Gasteiger partial charge on any atom is -0.336 e. The molecule has 128 valence electrons. The molecule has 0 amide bonds. The molecule has 0 radical (unpaired) electrons. The fourth-order valence-electron chi connectivity index (χ4n) is 2.23. The third-order valence-corrected chi connectivity index (χ3v) is 3.59. The summed E-state index contributed by atoms with van der Waals surface area (Å²) in [5.41, 5.74) is 2.15. The summed E-state index contributed by atoms with van der Waals surface area (Å²) in [5, 5.41) is 13.5. The quantitative estimate of drug-likeness (QED) is 0.700. The van der Waals surface area contributed by atoms with Crippen LogP contribution in [-0.4, -0.2) is 15.2 Å². The molecule has 7 heteroatoms. The Hall–Kier alpha value is -3.09. The largest absolute Gasteiger partial charge is 0.336 e. The average Bonchev–Trinajstić information content (AvgIpc) is 2.58. The highest BCUT2D eigenvalue weighted by Gasteiger charge is 2.07. The lowest BCUT2D eigenvalue weighted by atomic mass is 10.0. The molecule has 3 rings (SSSR count). The van der Waals surface area contributed by atoms with E-state index in [4.69, 9.17) is 0 Å². The summed E-state index contributed by atoms with van der Waals surface area (Å²) in [6.07, 6.45) is 1.36. The molecular weight excluding hydrogens is 324 g/mol. The smallest absolute Gasteiger partial charge is 0.249 e. The van der Waals surface area contributed by atoms with Crippen LogP contribution in [0.5, 0.6) is 0 Å². The first-order valence-corrected chi connectivity index (χ1v) is 7.80. The lowest BCUT2D eigenvalue weighted by molar-refractivity contribution is 0.586. The van der Waals surface area contributed by atoms with E-state index in [1.165, 1.54) is 17.8 Å². The van der Waals surface area contributed by atoms with Crippen molar-refractivity contribution in [3.63, 3.8) is 0 Å². The van der Waals surface area contributed by atoms with Crippen LogP contribution in [0.15, 0.2) is 48.7 Å². The van der Waals surface area contributed by atoms with Gasteiger partial charge in [-0.15, -0.1) is 5.10 Å². The van der Waals surface area contributed by atoms with Crippen molar-refractivity contribution in [2.45, 2.75) is 19.8 Å². The van der Waals surface area contributed by atoms with E-state index in [9.17, 15) is 8.78 Å². The van der Waals surface area contributed by atoms with E-state index in [1.54, 1.807) is 0 Å². The number of nitrogens with one attached hydrogen (secondary N) is 2. The van der Waals surface area contributed by atoms with E-state index in [2.05, 4.69) is 39.7 Å². The van der Waals surface area contributed by atoms with E-state index in [0.29, 0.717) is 11.7 Å². The van der Waals surface area contributed by atoms with Crippen molar-refractivity contribution in [3.05, 3.63) is 65.9 Å². The Balaban J connectivity index is 1.75. The molecular formula is C18H17F2N5. The van der Waals surface area contributed by atoms with Gasteiger partial charge in [-0.2, -0.15) is 10.1 Å². The van der Waals surface area contributed by atoms with Gasteiger partial charge in [0.05, 0.1) is 11.9 Å². The van der Waals surface area contributed by atoms with Crippen molar-refractivity contribution >= 4 is 23.1 Å². The summed E-state index contributed by atoms with van der Waals surface area (Å²) in [4.78, 5) is 4.23. The van der Waals surface area contributed by atoms with Gasteiger partial charge in [0.1, 0.15) is 11.6 Å². The molecule has 0 atom stereocenters. The van der Waals surface area contributed by atoms with Crippen LogP contribution in [0.25, 0.3) is 0 Å². The van der Waals surface area contributed by atoms with E-state index in [-0.39, 0.29) is 11.6 Å². The second-order valence-corrected chi connectivity index (χ2v) is 5.82. The van der Waals surface area contributed by atoms with Crippen molar-refractivity contribution in [1.29, 1.82) is 0 Å². The normalized spacial score (nSPS) is 10.8. The van der Waals surface area contributed by atoms with E-state index >= 15 is 0 Å². The first kappa shape index (κ1) is 16.8. The summed E-state index contributed by atoms with van der Waals surface area (Å²) >= 11 is 0. The molecule has 2 aromatic carbocycles. The van der Waals surface area contributed by atoms with Crippen LogP contribution in [0.3, 0.4) is 0 Å². The molecule has 1 heterocycles. The Labute approximate surface area is 144 Å². The zero-order valence-electron chi connectivity index (χ0n) is 13.8. The van der Waals surface area contributed by atoms with Crippen LogP contribution in [0.1, 0.15) is 25.3 Å². The molecule has 25 heavy (non-hydrogen) atoms. The Morgan fingerprint density at radius 3 is 2.40 bits per heavy atom. The van der Waals surface area contributed by atoms with Gasteiger partial charge in [0.2, 0.25) is 5.95 Å². The SMILES string of the molecule is CC(C)c1ccc(Nc2nncc(Nc3ccc(F)cc3F)n2)cc1. The first-order chi connectivity index (χ1) is 12.0. The Kier molecular flexibility index (Phi) is 4.83. The number of nitrogens with zero attached hydrogens (tertiary/aromatic N) is 3. The fourth-order valence-corrected chi connectivity index (χ4v) is 2.23. The lowest BCUT2D eigenvalue weighted by Crippen LogP contribution is -2.03. The lowest BCUT2D eigenvalue weighted by Gasteiger charge is -2.09. The predicted molar refractivity (Wildman–Crippen MR) is 93.3 cm³/mol. The van der Waals surface area contributed by atoms with Gasteiger partial charge in [0, 0.05) is 11.8 Å². The minimum atomic E-state index is -0.711. The summed E-state index contributed by atoms with van der Waals surface area (Å²) in [6.45, 7) is 4.25. The second kappa shape index (κ2) is 7.21. The Morgan fingerprint density at radius 2 is 1.72 bits per heavy atom. The van der Waals surface area contributed by atoms with Crippen molar-refractivity contribution < 1.29 is 8.78 Å². The molecule has 0 fully saturated rings. The maximum atomic E-state index is 13.7. The van der Waals surface area contributed by atoms with Crippen LogP contribution >= 0.6 is 0 Å². The van der Waals surface area contributed by atoms with Crippen molar-refractivity contribution in [2.24, 2.45) is 0 Å². The molecule has 0 aliphatic carbocycles. The number of aromatic nitrogens is 3. The standard InChI is InChI=1S/C18H17F2N5/c1-11(2)12-3-6-14(7-4-12)22-18-24-17(10-21-25-18)23-16-8-5-13(19)9-15(16)20/h3-11H,1-2H3,(H2,22,23,24,25). The van der Waals surface area contributed by atoms with Gasteiger partial charge >= 0.3 is 0 Å². The third-order valence-electron chi connectivity index (χ3n) is 3.59. The maximum absolute atomic E-state index is 13.7. The van der Waals surface area contributed by atoms with E-state index in [1.807, 2.05) is 24.3 Å². The molecule has 5 nitrogen and oxygen atoms in total. The summed E-state index contributed by atoms with van der Waals surface area (Å²) < 4.78 is 26.7. The molecule has 2 N–H and O–H groups in total. The highest BCUT2D eigenvalue weighted by Crippen LogP contribution is 2.21. The molecule has 0 unspecified atom stereocenters. The van der Waals surface area contributed by atoms with Gasteiger partial charge in [-0.3, -0.25) is 0 Å². The highest BCUT2D eigenvalue weighted by molar-refractivity contribution is 5.59. The molecule has 0 saturated carbocycles. The van der Waals surface area contributed by atoms with Gasteiger partial charge in [0.25, 0.3) is 0 Å². The van der Waals surface area contributed by atoms with Crippen molar-refractivity contribution in [1.82, 2.24) is 15.2 Å². The van der Waals surface area contributed by atoms with Crippen LogP contribution in [0.4, 0.5) is 31.9 Å². The van der Waals surface area contributed by atoms with Crippen LogP contribution in [0.2, 0.25) is 0 Å². The second-order valence-electron chi connectivity index (χ2n) is 5.82. The fraction of sp³-hybridized carbons (Fsp3) is 0.167. The minimum absolute atomic E-state index is 0.106. The topological polar surface area (TPSA) is 62.7 Å². The summed E-state index contributed by atoms with van der Waals surface area (Å²) in [5.74, 6) is -0.342. The first-order valence-electron chi connectivity index (χ1n) is 7.80. The zero-order valence-corrected chi connectivity index (χ0v) is 13.8. The number of hydrogen-bond donors (Lipinski definition) is 2. The molecule has 3 aromatic rings. The number of anilines is 4. The van der Waals surface area contributed by atoms with E-state index < -0.39 is 11.6 Å². The van der Waals surface area contributed by atoms with Crippen LogP contribution in [-0.2, 0) is 0 Å². The molecule has 1 aromatic heterocycles. The van der Waals surface area contributed by atoms with Crippen molar-refractivity contribution in [2.75, 3.05) is 10.6 Å². The van der Waals surface area contributed by atoms with Gasteiger partial charge in [-0.25, -0.2) is 8.78 Å². The monoisotopic (exact) mass is 341 g/mol. The van der Waals surface area contributed by atoms with Gasteiger partial charge < -0.3 is 10.6 Å². The van der Waals surface area contributed by atoms with Crippen molar-refractivity contribution in [3.8, 4) is 0 Å². The molecule has 0 bridgehead atoms. The predicted octanol–water partition coefficient (Wildman–Crippen LogP) is 4.76. The number of halogens is 2. The molecule has 0 aliphatic heterocycles. The Morgan fingerprint density at radius 1 is 0.960 bits per heavy atom. The number of benzene rings is 2. The zero-order chi connectivity index (χ0) is 17.8. The Bertz CT molecular complexity index is 866. The molecule has 0 spiro atoms. The van der Waals surface area contributed by atoms with Gasteiger partial charge in [-0.05, 0) is 35.7 Å². The third kappa shape index (κ3) is 4.26. The van der Waals surface area contributed by atoms with Crippen LogP contribution in [0, 0.1) is 11.6 Å². The van der Waals surface area contributed by atoms with E-state index in [0.717, 1.165) is 17.8 Å². The summed E-state index contributed by atoms with van der Waals surface area (Å²) in [7, 11) is 0. The maximum Gasteiger partial charge on any atom is 0.249 e. The highest BCUT2D eigenvalue weighted by atomic mass is 19.1. The number of rotatable bonds is 5. The van der Waals surface area contributed by atoms with Gasteiger partial charge in [0.15, 0.2) is 5.82 Å². The van der Waals surface area contributed by atoms with Crippen LogP contribution < -0.4 is 10.6 Å². The summed E-state index contributed by atoms with van der Waals surface area (Å²) in [6, 6.07) is 11.2. The average molecular weight is 341 g/mol. The number of hydrogen-bond acceptors (Lipinski definition) is 5. The molecule has 0 saturated heterocycles. The van der Waals surface area contributed by atoms with Gasteiger partial charge in [-0.1, -0.05) is 26.0 Å².